The van der Waals surface area contributed by atoms with Crippen molar-refractivity contribution in [3.05, 3.63) is 29.8 Å². The summed E-state index contributed by atoms with van der Waals surface area (Å²) >= 11 is 0. The summed E-state index contributed by atoms with van der Waals surface area (Å²) in [6.07, 6.45) is 2.07. The van der Waals surface area contributed by atoms with Crippen molar-refractivity contribution in [2.45, 2.75) is 12.5 Å². The molecule has 6 nitrogen and oxygen atoms in total. The number of carbonyl (C=O) groups is 2. The van der Waals surface area contributed by atoms with Gasteiger partial charge < -0.3 is 15.5 Å². The molecule has 1 amide bonds. The van der Waals surface area contributed by atoms with Crippen molar-refractivity contribution in [3.8, 4) is 0 Å². The van der Waals surface area contributed by atoms with E-state index in [1.54, 1.807) is 0 Å². The minimum absolute atomic E-state index is 0.0498. The van der Waals surface area contributed by atoms with Crippen molar-refractivity contribution >= 4 is 11.9 Å². The van der Waals surface area contributed by atoms with Gasteiger partial charge in [0.1, 0.15) is 5.82 Å². The highest BCUT2D eigenvalue weighted by Crippen LogP contribution is 2.04. The Kier molecular flexibility index (Phi) is 3.74. The number of aromatic nitrogens is 1. The summed E-state index contributed by atoms with van der Waals surface area (Å²) in [5.41, 5.74) is -2.12. The molecule has 0 fully saturated rings. The molecule has 17 heavy (non-hydrogen) atoms. The number of hydrogen-bond acceptors (Lipinski definition) is 4. The van der Waals surface area contributed by atoms with Crippen LogP contribution in [0.25, 0.3) is 0 Å². The lowest BCUT2D eigenvalue weighted by Gasteiger charge is -2.18. The molecule has 0 radical (unpaired) electrons. The van der Waals surface area contributed by atoms with Crippen molar-refractivity contribution in [1.29, 1.82) is 0 Å². The quantitative estimate of drug-likeness (QED) is 0.678. The van der Waals surface area contributed by atoms with Crippen LogP contribution >= 0.6 is 0 Å². The molecule has 1 aromatic rings. The minimum atomic E-state index is -2.07. The molecule has 0 aromatic carbocycles. The van der Waals surface area contributed by atoms with Crippen molar-refractivity contribution in [2.75, 3.05) is 6.54 Å². The molecule has 1 rings (SSSR count). The molecule has 0 saturated heterocycles. The number of nitrogens with zero attached hydrogens (tertiary/aromatic N) is 1. The van der Waals surface area contributed by atoms with Gasteiger partial charge in [-0.25, -0.2) is 9.18 Å². The topological polar surface area (TPSA) is 99.5 Å². The summed E-state index contributed by atoms with van der Waals surface area (Å²) in [7, 11) is 0. The summed E-state index contributed by atoms with van der Waals surface area (Å²) in [4.78, 5) is 25.5. The Morgan fingerprint density at radius 3 is 2.71 bits per heavy atom. The number of pyridine rings is 1. The maximum absolute atomic E-state index is 12.7. The molecule has 92 valence electrons. The Bertz CT molecular complexity index is 448. The highest BCUT2D eigenvalue weighted by molar-refractivity contribution is 5.94. The van der Waals surface area contributed by atoms with E-state index in [2.05, 4.69) is 10.3 Å². The Balaban J connectivity index is 2.65. The molecule has 1 aromatic heterocycles. The van der Waals surface area contributed by atoms with Crippen LogP contribution in [0.4, 0.5) is 4.39 Å². The SMILES string of the molecule is CC(O)(CNC(=O)c1cncc(F)c1)C(=O)O. The van der Waals surface area contributed by atoms with Crippen LogP contribution in [0, 0.1) is 5.82 Å². The van der Waals surface area contributed by atoms with Crippen molar-refractivity contribution in [2.24, 2.45) is 0 Å². The number of carboxylic acids is 1. The van der Waals surface area contributed by atoms with Gasteiger partial charge in [0.05, 0.1) is 18.3 Å². The normalized spacial score (nSPS) is 13.8. The first kappa shape index (κ1) is 13.0. The summed E-state index contributed by atoms with van der Waals surface area (Å²) in [6, 6.07) is 0.956. The second kappa shape index (κ2) is 4.88. The lowest BCUT2D eigenvalue weighted by Crippen LogP contribution is -2.46. The Labute approximate surface area is 96.1 Å². The molecule has 0 aliphatic heterocycles. The highest BCUT2D eigenvalue weighted by atomic mass is 19.1. The third-order valence-electron chi connectivity index (χ3n) is 2.02. The van der Waals surface area contributed by atoms with Crippen molar-refractivity contribution in [1.82, 2.24) is 10.3 Å². The van der Waals surface area contributed by atoms with Crippen LogP contribution in [0.2, 0.25) is 0 Å². The molecular formula is C10H11FN2O4. The average Bonchev–Trinajstić information content (AvgIpc) is 2.25. The van der Waals surface area contributed by atoms with E-state index in [0.29, 0.717) is 0 Å². The second-order valence-electron chi connectivity index (χ2n) is 3.65. The number of aliphatic hydroxyl groups is 1. The first-order valence-corrected chi connectivity index (χ1v) is 4.67. The number of carbonyl (C=O) groups excluding carboxylic acids is 1. The largest absolute Gasteiger partial charge is 0.479 e. The van der Waals surface area contributed by atoms with Gasteiger partial charge in [0.2, 0.25) is 0 Å². The lowest BCUT2D eigenvalue weighted by atomic mass is 10.1. The van der Waals surface area contributed by atoms with E-state index in [1.807, 2.05) is 0 Å². The standard InChI is InChI=1S/C10H11FN2O4/c1-10(17,9(15)16)5-13-8(14)6-2-7(11)4-12-3-6/h2-4,17H,5H2,1H3,(H,13,14)(H,15,16). The van der Waals surface area contributed by atoms with Gasteiger partial charge in [0.15, 0.2) is 5.60 Å². The molecule has 1 heterocycles. The predicted molar refractivity (Wildman–Crippen MR) is 54.8 cm³/mol. The zero-order valence-corrected chi connectivity index (χ0v) is 8.98. The van der Waals surface area contributed by atoms with E-state index in [0.717, 1.165) is 25.4 Å². The van der Waals surface area contributed by atoms with E-state index in [1.165, 1.54) is 0 Å². The molecule has 0 aliphatic carbocycles. The maximum Gasteiger partial charge on any atom is 0.337 e. The third-order valence-corrected chi connectivity index (χ3v) is 2.02. The number of halogens is 1. The number of nitrogens with one attached hydrogen (secondary N) is 1. The van der Waals surface area contributed by atoms with Crippen molar-refractivity contribution < 1.29 is 24.2 Å². The van der Waals surface area contributed by atoms with Crippen LogP contribution < -0.4 is 5.32 Å². The molecular weight excluding hydrogens is 231 g/mol. The van der Waals surface area contributed by atoms with Crippen LogP contribution in [0.5, 0.6) is 0 Å². The fraction of sp³-hybridized carbons (Fsp3) is 0.300. The van der Waals surface area contributed by atoms with Gasteiger partial charge >= 0.3 is 5.97 Å². The average molecular weight is 242 g/mol. The lowest BCUT2D eigenvalue weighted by molar-refractivity contribution is -0.155. The van der Waals surface area contributed by atoms with Crippen LogP contribution in [0.3, 0.4) is 0 Å². The number of amides is 1. The van der Waals surface area contributed by atoms with Gasteiger partial charge in [0.25, 0.3) is 5.91 Å². The number of hydrogen-bond donors (Lipinski definition) is 3. The van der Waals surface area contributed by atoms with Crippen LogP contribution in [-0.4, -0.2) is 39.2 Å². The summed E-state index contributed by atoms with van der Waals surface area (Å²) in [6.45, 7) is 0.553. The number of aliphatic carboxylic acids is 1. The van der Waals surface area contributed by atoms with Gasteiger partial charge in [-0.05, 0) is 13.0 Å². The van der Waals surface area contributed by atoms with E-state index in [4.69, 9.17) is 5.11 Å². The van der Waals surface area contributed by atoms with E-state index in [-0.39, 0.29) is 5.56 Å². The Morgan fingerprint density at radius 2 is 2.18 bits per heavy atom. The summed E-state index contributed by atoms with van der Waals surface area (Å²) in [5.74, 6) is -2.85. The molecule has 0 saturated carbocycles. The second-order valence-corrected chi connectivity index (χ2v) is 3.65. The van der Waals surface area contributed by atoms with Gasteiger partial charge in [-0.15, -0.1) is 0 Å². The minimum Gasteiger partial charge on any atom is -0.479 e. The molecule has 0 bridgehead atoms. The monoisotopic (exact) mass is 242 g/mol. The predicted octanol–water partition coefficient (Wildman–Crippen LogP) is -0.214. The van der Waals surface area contributed by atoms with Crippen LogP contribution in [0.15, 0.2) is 18.5 Å². The molecule has 3 N–H and O–H groups in total. The van der Waals surface area contributed by atoms with Gasteiger partial charge in [-0.3, -0.25) is 9.78 Å². The number of rotatable bonds is 4. The maximum atomic E-state index is 12.7. The van der Waals surface area contributed by atoms with Crippen LogP contribution in [0.1, 0.15) is 17.3 Å². The molecule has 0 spiro atoms. The highest BCUT2D eigenvalue weighted by Gasteiger charge is 2.30. The smallest absolute Gasteiger partial charge is 0.337 e. The molecule has 0 aliphatic rings. The fourth-order valence-electron chi connectivity index (χ4n) is 0.966. The van der Waals surface area contributed by atoms with E-state index < -0.39 is 29.8 Å². The number of carboxylic acid groups (broad SMARTS) is 1. The van der Waals surface area contributed by atoms with Crippen molar-refractivity contribution in [3.63, 3.8) is 0 Å². The first-order valence-electron chi connectivity index (χ1n) is 4.67. The Hall–Kier alpha value is -2.02. The van der Waals surface area contributed by atoms with Gasteiger partial charge in [-0.1, -0.05) is 0 Å². The Morgan fingerprint density at radius 1 is 1.53 bits per heavy atom. The molecule has 1 atom stereocenters. The van der Waals surface area contributed by atoms with Gasteiger partial charge in [-0.2, -0.15) is 0 Å². The third kappa shape index (κ3) is 3.49. The fourth-order valence-corrected chi connectivity index (χ4v) is 0.966. The molecule has 1 unspecified atom stereocenters. The zero-order chi connectivity index (χ0) is 13.1. The van der Waals surface area contributed by atoms with E-state index in [9.17, 15) is 19.1 Å². The van der Waals surface area contributed by atoms with Crippen LogP contribution in [-0.2, 0) is 4.79 Å². The van der Waals surface area contributed by atoms with Gasteiger partial charge in [0, 0.05) is 6.20 Å². The zero-order valence-electron chi connectivity index (χ0n) is 8.98. The first-order chi connectivity index (χ1) is 7.83. The van der Waals surface area contributed by atoms with E-state index >= 15 is 0 Å². The molecule has 7 heteroatoms. The summed E-state index contributed by atoms with van der Waals surface area (Å²) in [5, 5.41) is 20.1. The summed E-state index contributed by atoms with van der Waals surface area (Å²) < 4.78 is 12.7.